The summed E-state index contributed by atoms with van der Waals surface area (Å²) in [6.07, 6.45) is 3.99. The van der Waals surface area contributed by atoms with Crippen LogP contribution in [0.1, 0.15) is 25.7 Å². The second-order valence-corrected chi connectivity index (χ2v) is 6.95. The summed E-state index contributed by atoms with van der Waals surface area (Å²) >= 11 is 0. The lowest BCUT2D eigenvalue weighted by Crippen LogP contribution is -2.51. The number of hydrogen-bond donors (Lipinski definition) is 1. The number of anilines is 3. The first-order chi connectivity index (χ1) is 12.2. The third-order valence-corrected chi connectivity index (χ3v) is 5.27. The lowest BCUT2D eigenvalue weighted by molar-refractivity contribution is -0.141. The Balaban J connectivity index is 1.41. The van der Waals surface area contributed by atoms with Crippen LogP contribution in [0.2, 0.25) is 0 Å². The molecule has 0 aromatic carbocycles. The molecule has 3 aliphatic rings. The van der Waals surface area contributed by atoms with Crippen molar-refractivity contribution >= 4 is 23.5 Å². The third-order valence-electron chi connectivity index (χ3n) is 5.27. The van der Waals surface area contributed by atoms with Crippen molar-refractivity contribution in [1.82, 2.24) is 14.9 Å². The predicted octanol–water partition coefficient (Wildman–Crippen LogP) is 0.487. The molecule has 8 nitrogen and oxygen atoms in total. The number of rotatable bonds is 3. The molecule has 1 amide bonds. The maximum atomic E-state index is 12.5. The number of nitrogen functional groups attached to an aromatic ring is 1. The van der Waals surface area contributed by atoms with Gasteiger partial charge in [0.25, 0.3) is 5.91 Å². The van der Waals surface area contributed by atoms with E-state index >= 15 is 0 Å². The molecule has 4 heterocycles. The molecular weight excluding hydrogens is 320 g/mol. The second-order valence-electron chi connectivity index (χ2n) is 6.95. The second kappa shape index (κ2) is 7.03. The van der Waals surface area contributed by atoms with Crippen LogP contribution in [0.3, 0.4) is 0 Å². The number of ether oxygens (including phenoxy) is 1. The van der Waals surface area contributed by atoms with Crippen molar-refractivity contribution < 1.29 is 9.53 Å². The van der Waals surface area contributed by atoms with Gasteiger partial charge in [0.05, 0.1) is 0 Å². The maximum Gasteiger partial charge on any atom is 0.251 e. The summed E-state index contributed by atoms with van der Waals surface area (Å²) in [6.45, 7) is 5.67. The van der Waals surface area contributed by atoms with Crippen molar-refractivity contribution in [2.24, 2.45) is 0 Å². The third kappa shape index (κ3) is 3.49. The first-order valence-corrected chi connectivity index (χ1v) is 9.25. The van der Waals surface area contributed by atoms with E-state index in [2.05, 4.69) is 19.8 Å². The average Bonchev–Trinajstić information content (AvgIpc) is 3.34. The van der Waals surface area contributed by atoms with E-state index in [-0.39, 0.29) is 12.0 Å². The van der Waals surface area contributed by atoms with Gasteiger partial charge >= 0.3 is 0 Å². The van der Waals surface area contributed by atoms with Gasteiger partial charge in [0.2, 0.25) is 5.95 Å². The fraction of sp³-hybridized carbons (Fsp3) is 0.706. The van der Waals surface area contributed by atoms with E-state index in [0.717, 1.165) is 50.7 Å². The molecule has 3 aliphatic heterocycles. The van der Waals surface area contributed by atoms with E-state index < -0.39 is 0 Å². The van der Waals surface area contributed by atoms with Crippen LogP contribution in [-0.4, -0.2) is 72.8 Å². The van der Waals surface area contributed by atoms with Crippen LogP contribution in [0.5, 0.6) is 0 Å². The molecule has 1 aromatic heterocycles. The lowest BCUT2D eigenvalue weighted by atomic mass is 10.2. The van der Waals surface area contributed by atoms with Crippen LogP contribution in [0.25, 0.3) is 0 Å². The van der Waals surface area contributed by atoms with Gasteiger partial charge in [-0.2, -0.15) is 9.97 Å². The largest absolute Gasteiger partial charge is 0.368 e. The van der Waals surface area contributed by atoms with Crippen molar-refractivity contribution in [2.75, 3.05) is 61.4 Å². The number of nitrogens with two attached hydrogens (primary N) is 1. The number of carbonyl (C=O) groups is 1. The van der Waals surface area contributed by atoms with Gasteiger partial charge in [-0.1, -0.05) is 0 Å². The van der Waals surface area contributed by atoms with Crippen LogP contribution in [0.15, 0.2) is 6.07 Å². The van der Waals surface area contributed by atoms with Gasteiger partial charge in [0.15, 0.2) is 0 Å². The minimum absolute atomic E-state index is 0.136. The fourth-order valence-corrected chi connectivity index (χ4v) is 3.84. The zero-order chi connectivity index (χ0) is 17.2. The van der Waals surface area contributed by atoms with Crippen LogP contribution >= 0.6 is 0 Å². The van der Waals surface area contributed by atoms with Gasteiger partial charge < -0.3 is 25.2 Å². The molecule has 1 atom stereocenters. The Bertz CT molecular complexity index is 620. The number of hydrogen-bond acceptors (Lipinski definition) is 7. The minimum Gasteiger partial charge on any atom is -0.368 e. The summed E-state index contributed by atoms with van der Waals surface area (Å²) in [4.78, 5) is 27.6. The predicted molar refractivity (Wildman–Crippen MR) is 95.7 cm³/mol. The molecule has 3 saturated heterocycles. The summed E-state index contributed by atoms with van der Waals surface area (Å²) in [5.74, 6) is 2.23. The highest BCUT2D eigenvalue weighted by atomic mass is 16.5. The van der Waals surface area contributed by atoms with E-state index in [4.69, 9.17) is 10.5 Å². The molecule has 0 spiro atoms. The molecule has 4 rings (SSSR count). The van der Waals surface area contributed by atoms with Gasteiger partial charge in [-0.05, 0) is 25.7 Å². The summed E-state index contributed by atoms with van der Waals surface area (Å²) < 4.78 is 5.52. The Kier molecular flexibility index (Phi) is 4.61. The van der Waals surface area contributed by atoms with Crippen molar-refractivity contribution in [3.8, 4) is 0 Å². The molecule has 136 valence electrons. The molecule has 0 saturated carbocycles. The quantitative estimate of drug-likeness (QED) is 0.852. The van der Waals surface area contributed by atoms with Gasteiger partial charge in [-0.25, -0.2) is 0 Å². The average molecular weight is 346 g/mol. The Morgan fingerprint density at radius 3 is 2.24 bits per heavy atom. The zero-order valence-electron chi connectivity index (χ0n) is 14.6. The van der Waals surface area contributed by atoms with Gasteiger partial charge in [-0.3, -0.25) is 4.79 Å². The van der Waals surface area contributed by atoms with Gasteiger partial charge in [0.1, 0.15) is 17.7 Å². The summed E-state index contributed by atoms with van der Waals surface area (Å²) in [6, 6.07) is 2.03. The minimum atomic E-state index is -0.233. The molecule has 3 fully saturated rings. The maximum absolute atomic E-state index is 12.5. The molecular formula is C17H26N6O2. The number of amides is 1. The Morgan fingerprint density at radius 2 is 1.64 bits per heavy atom. The SMILES string of the molecule is Nc1nc(N2CCCC2)cc(N2CCN(C(=O)C3CCCO3)CC2)n1. The summed E-state index contributed by atoms with van der Waals surface area (Å²) in [5.41, 5.74) is 5.94. The number of aromatic nitrogens is 2. The Morgan fingerprint density at radius 1 is 1.00 bits per heavy atom. The summed E-state index contributed by atoms with van der Waals surface area (Å²) in [7, 11) is 0. The summed E-state index contributed by atoms with van der Waals surface area (Å²) in [5, 5.41) is 0. The molecule has 0 bridgehead atoms. The van der Waals surface area contributed by atoms with E-state index in [1.165, 1.54) is 12.8 Å². The monoisotopic (exact) mass is 346 g/mol. The van der Waals surface area contributed by atoms with Gasteiger partial charge in [-0.15, -0.1) is 0 Å². The van der Waals surface area contributed by atoms with Crippen LogP contribution in [0, 0.1) is 0 Å². The van der Waals surface area contributed by atoms with Crippen molar-refractivity contribution in [2.45, 2.75) is 31.8 Å². The highest BCUT2D eigenvalue weighted by Gasteiger charge is 2.30. The molecule has 8 heteroatoms. The lowest BCUT2D eigenvalue weighted by Gasteiger charge is -2.36. The molecule has 0 radical (unpaired) electrons. The normalized spacial score (nSPS) is 24.2. The van der Waals surface area contributed by atoms with E-state index in [1.54, 1.807) is 0 Å². The van der Waals surface area contributed by atoms with E-state index in [9.17, 15) is 4.79 Å². The molecule has 0 aliphatic carbocycles. The number of nitrogens with zero attached hydrogens (tertiary/aromatic N) is 5. The Hall–Kier alpha value is -2.09. The first-order valence-electron chi connectivity index (χ1n) is 9.25. The van der Waals surface area contributed by atoms with E-state index in [0.29, 0.717) is 25.6 Å². The van der Waals surface area contributed by atoms with Crippen molar-refractivity contribution in [3.63, 3.8) is 0 Å². The number of carbonyl (C=O) groups excluding carboxylic acids is 1. The molecule has 25 heavy (non-hydrogen) atoms. The van der Waals surface area contributed by atoms with E-state index in [1.807, 2.05) is 11.0 Å². The van der Waals surface area contributed by atoms with Crippen LogP contribution in [-0.2, 0) is 9.53 Å². The molecule has 2 N–H and O–H groups in total. The fourth-order valence-electron chi connectivity index (χ4n) is 3.84. The molecule has 1 unspecified atom stereocenters. The zero-order valence-corrected chi connectivity index (χ0v) is 14.6. The van der Waals surface area contributed by atoms with Crippen molar-refractivity contribution in [1.29, 1.82) is 0 Å². The topological polar surface area (TPSA) is 87.8 Å². The smallest absolute Gasteiger partial charge is 0.251 e. The van der Waals surface area contributed by atoms with Crippen molar-refractivity contribution in [3.05, 3.63) is 6.07 Å². The Labute approximate surface area is 147 Å². The highest BCUT2D eigenvalue weighted by Crippen LogP contribution is 2.24. The number of piperazine rings is 1. The standard InChI is InChI=1S/C17H26N6O2/c18-17-19-14(21-5-1-2-6-21)12-15(20-17)22-7-9-23(10-8-22)16(24)13-4-3-11-25-13/h12-13H,1-11H2,(H2,18,19,20). The highest BCUT2D eigenvalue weighted by molar-refractivity contribution is 5.81. The first kappa shape index (κ1) is 16.4. The molecule has 1 aromatic rings. The van der Waals surface area contributed by atoms with Gasteiger partial charge in [0, 0.05) is 51.9 Å². The van der Waals surface area contributed by atoms with Crippen LogP contribution in [0.4, 0.5) is 17.6 Å². The van der Waals surface area contributed by atoms with Crippen LogP contribution < -0.4 is 15.5 Å².